The van der Waals surface area contributed by atoms with Gasteiger partial charge in [-0.15, -0.1) is 0 Å². The van der Waals surface area contributed by atoms with Crippen LogP contribution in [0.4, 0.5) is 0 Å². The lowest BCUT2D eigenvalue weighted by Gasteiger charge is -2.56. The Hall–Kier alpha value is -3.93. The third-order valence-corrected chi connectivity index (χ3v) is 7.92. The summed E-state index contributed by atoms with van der Waals surface area (Å²) in [6.45, 7) is 2.57. The zero-order chi connectivity index (χ0) is 24.9. The molecule has 182 valence electrons. The molecule has 2 N–H and O–H groups in total. The number of nitrogens with zero attached hydrogens (tertiary/aromatic N) is 2. The number of aliphatic carboxylic acids is 1. The SMILES string of the molecule is Cc1cc(C(=O)NC2CC3(C2)CC(C(=O)O)C3)c2c(cnn2Cc2ccc(-c3ccccc3)cc2)c1. The smallest absolute Gasteiger partial charge is 0.306 e. The van der Waals surface area contributed by atoms with E-state index in [1.54, 1.807) is 0 Å². The number of carboxylic acid groups (broad SMARTS) is 1. The van der Waals surface area contributed by atoms with Crippen molar-refractivity contribution in [3.63, 3.8) is 0 Å². The van der Waals surface area contributed by atoms with E-state index in [1.165, 1.54) is 11.1 Å². The van der Waals surface area contributed by atoms with Gasteiger partial charge in [-0.05, 0) is 72.4 Å². The third kappa shape index (κ3) is 4.06. The quantitative estimate of drug-likeness (QED) is 0.386. The van der Waals surface area contributed by atoms with Crippen molar-refractivity contribution in [2.45, 2.75) is 45.2 Å². The zero-order valence-corrected chi connectivity index (χ0v) is 20.3. The maximum absolute atomic E-state index is 13.4. The number of fused-ring (bicyclic) bond motifs is 1. The average molecular weight is 480 g/mol. The first kappa shape index (κ1) is 22.5. The molecule has 2 saturated carbocycles. The molecule has 0 aliphatic heterocycles. The fourth-order valence-corrected chi connectivity index (χ4v) is 6.13. The van der Waals surface area contributed by atoms with E-state index in [0.717, 1.165) is 47.7 Å². The van der Waals surface area contributed by atoms with Crippen molar-refractivity contribution in [3.8, 4) is 11.1 Å². The lowest BCUT2D eigenvalue weighted by Crippen LogP contribution is -2.57. The van der Waals surface area contributed by atoms with Gasteiger partial charge in [-0.2, -0.15) is 5.10 Å². The van der Waals surface area contributed by atoms with Crippen LogP contribution >= 0.6 is 0 Å². The summed E-state index contributed by atoms with van der Waals surface area (Å²) >= 11 is 0. The van der Waals surface area contributed by atoms with Gasteiger partial charge < -0.3 is 10.4 Å². The number of carbonyl (C=O) groups excluding carboxylic acids is 1. The highest BCUT2D eigenvalue weighted by Crippen LogP contribution is 2.58. The van der Waals surface area contributed by atoms with Crippen LogP contribution < -0.4 is 5.32 Å². The third-order valence-electron chi connectivity index (χ3n) is 7.92. The minimum atomic E-state index is -0.696. The number of nitrogens with one attached hydrogen (secondary N) is 1. The van der Waals surface area contributed by atoms with E-state index in [2.05, 4.69) is 52.9 Å². The highest BCUT2D eigenvalue weighted by atomic mass is 16.4. The number of carbonyl (C=O) groups is 2. The van der Waals surface area contributed by atoms with Gasteiger partial charge in [0, 0.05) is 11.4 Å². The monoisotopic (exact) mass is 479 g/mol. The molecule has 2 fully saturated rings. The maximum atomic E-state index is 13.4. The van der Waals surface area contributed by atoms with Gasteiger partial charge in [0.05, 0.1) is 29.7 Å². The van der Waals surface area contributed by atoms with Gasteiger partial charge in [0.15, 0.2) is 0 Å². The summed E-state index contributed by atoms with van der Waals surface area (Å²) in [5, 5.41) is 17.9. The van der Waals surface area contributed by atoms with Gasteiger partial charge in [0.25, 0.3) is 5.91 Å². The summed E-state index contributed by atoms with van der Waals surface area (Å²) in [5.74, 6) is -0.994. The molecule has 0 atom stereocenters. The Bertz CT molecular complexity index is 1440. The van der Waals surface area contributed by atoms with Crippen LogP contribution in [0.25, 0.3) is 22.0 Å². The van der Waals surface area contributed by atoms with E-state index < -0.39 is 5.97 Å². The van der Waals surface area contributed by atoms with Crippen molar-refractivity contribution >= 4 is 22.8 Å². The van der Waals surface area contributed by atoms with Crippen LogP contribution in [0.5, 0.6) is 0 Å². The Balaban J connectivity index is 1.19. The molecular formula is C30H29N3O3. The Kier molecular flexibility index (Phi) is 5.40. The Morgan fingerprint density at radius 3 is 2.39 bits per heavy atom. The summed E-state index contributed by atoms with van der Waals surface area (Å²) in [6.07, 6.45) is 5.03. The fraction of sp³-hybridized carbons (Fsp3) is 0.300. The number of hydrogen-bond donors (Lipinski definition) is 2. The number of hydrogen-bond acceptors (Lipinski definition) is 3. The molecule has 36 heavy (non-hydrogen) atoms. The van der Waals surface area contributed by atoms with Crippen molar-refractivity contribution < 1.29 is 14.7 Å². The number of rotatable bonds is 6. The minimum Gasteiger partial charge on any atom is -0.481 e. The Morgan fingerprint density at radius 1 is 1.00 bits per heavy atom. The van der Waals surface area contributed by atoms with Gasteiger partial charge in [0.1, 0.15) is 0 Å². The van der Waals surface area contributed by atoms with E-state index >= 15 is 0 Å². The zero-order valence-electron chi connectivity index (χ0n) is 20.3. The molecule has 6 nitrogen and oxygen atoms in total. The molecule has 0 unspecified atom stereocenters. The second kappa shape index (κ2) is 8.63. The predicted molar refractivity (Wildman–Crippen MR) is 139 cm³/mol. The van der Waals surface area contributed by atoms with Crippen molar-refractivity contribution in [1.29, 1.82) is 0 Å². The Morgan fingerprint density at radius 2 is 1.69 bits per heavy atom. The molecule has 1 aromatic heterocycles. The number of carboxylic acids is 1. The molecule has 1 amide bonds. The number of aryl methyl sites for hydroxylation is 1. The van der Waals surface area contributed by atoms with Crippen molar-refractivity contribution in [3.05, 3.63) is 89.6 Å². The summed E-state index contributed by atoms with van der Waals surface area (Å²) in [5.41, 5.74) is 6.09. The van der Waals surface area contributed by atoms with Crippen LogP contribution in [-0.4, -0.2) is 32.8 Å². The van der Waals surface area contributed by atoms with Crippen LogP contribution in [0.15, 0.2) is 72.9 Å². The minimum absolute atomic E-state index is 0.0844. The molecule has 6 heteroatoms. The van der Waals surface area contributed by atoms with Gasteiger partial charge in [-0.25, -0.2) is 0 Å². The highest BCUT2D eigenvalue weighted by molar-refractivity contribution is 6.06. The number of amides is 1. The topological polar surface area (TPSA) is 84.2 Å². The maximum Gasteiger partial charge on any atom is 0.306 e. The fourth-order valence-electron chi connectivity index (χ4n) is 6.13. The molecule has 0 bridgehead atoms. The first-order valence-electron chi connectivity index (χ1n) is 12.5. The van der Waals surface area contributed by atoms with E-state index in [9.17, 15) is 14.7 Å². The summed E-state index contributed by atoms with van der Waals surface area (Å²) < 4.78 is 1.91. The average Bonchev–Trinajstić information content (AvgIpc) is 3.22. The summed E-state index contributed by atoms with van der Waals surface area (Å²) in [4.78, 5) is 24.5. The van der Waals surface area contributed by atoms with Gasteiger partial charge in [-0.1, -0.05) is 54.6 Å². The van der Waals surface area contributed by atoms with Crippen molar-refractivity contribution in [1.82, 2.24) is 15.1 Å². The molecule has 2 aliphatic carbocycles. The van der Waals surface area contributed by atoms with Crippen LogP contribution in [0, 0.1) is 18.3 Å². The van der Waals surface area contributed by atoms with Crippen LogP contribution in [0.1, 0.15) is 47.2 Å². The molecule has 0 radical (unpaired) electrons. The first-order valence-corrected chi connectivity index (χ1v) is 12.5. The standard InChI is InChI=1S/C30H29N3O3/c1-19-11-23-17-31-33(18-20-7-9-22(10-8-20)21-5-3-2-4-6-21)27(23)26(12-19)28(34)32-25-15-30(16-25)13-24(14-30)29(35)36/h2-12,17,24-25H,13-16,18H2,1H3,(H,32,34)(H,35,36). The summed E-state index contributed by atoms with van der Waals surface area (Å²) in [7, 11) is 0. The van der Waals surface area contributed by atoms with Crippen molar-refractivity contribution in [2.24, 2.45) is 11.3 Å². The van der Waals surface area contributed by atoms with E-state index in [0.29, 0.717) is 12.1 Å². The van der Waals surface area contributed by atoms with E-state index in [1.807, 2.05) is 42.1 Å². The van der Waals surface area contributed by atoms with E-state index in [-0.39, 0.29) is 23.3 Å². The normalized spacial score (nSPS) is 22.7. The number of aromatic nitrogens is 2. The van der Waals surface area contributed by atoms with Gasteiger partial charge in [0.2, 0.25) is 0 Å². The van der Waals surface area contributed by atoms with E-state index in [4.69, 9.17) is 0 Å². The highest BCUT2D eigenvalue weighted by Gasteiger charge is 2.55. The Labute approximate surface area is 210 Å². The summed E-state index contributed by atoms with van der Waals surface area (Å²) in [6, 6.07) is 22.9. The molecule has 3 aromatic carbocycles. The van der Waals surface area contributed by atoms with Crippen molar-refractivity contribution in [2.75, 3.05) is 0 Å². The lowest BCUT2D eigenvalue weighted by molar-refractivity contribution is -0.155. The molecule has 6 rings (SSSR count). The molecule has 4 aromatic rings. The van der Waals surface area contributed by atoms with Crippen LogP contribution in [0.3, 0.4) is 0 Å². The predicted octanol–water partition coefficient (Wildman–Crippen LogP) is 5.43. The van der Waals surface area contributed by atoms with Crippen LogP contribution in [-0.2, 0) is 11.3 Å². The lowest BCUT2D eigenvalue weighted by atomic mass is 9.50. The largest absolute Gasteiger partial charge is 0.481 e. The molecule has 0 saturated heterocycles. The second-order valence-corrected chi connectivity index (χ2v) is 10.6. The second-order valence-electron chi connectivity index (χ2n) is 10.6. The van der Waals surface area contributed by atoms with Crippen LogP contribution in [0.2, 0.25) is 0 Å². The van der Waals surface area contributed by atoms with Gasteiger partial charge in [-0.3, -0.25) is 14.3 Å². The number of benzene rings is 3. The molecule has 2 aliphatic rings. The molecular weight excluding hydrogens is 450 g/mol. The first-order chi connectivity index (χ1) is 17.4. The molecule has 1 heterocycles. The van der Waals surface area contributed by atoms with Gasteiger partial charge >= 0.3 is 5.97 Å². The molecule has 1 spiro atoms.